The summed E-state index contributed by atoms with van der Waals surface area (Å²) in [5, 5.41) is 4.10. The fourth-order valence-electron chi connectivity index (χ4n) is 3.06. The molecule has 0 aliphatic heterocycles. The fraction of sp³-hybridized carbons (Fsp3) is 0.105. The summed E-state index contributed by atoms with van der Waals surface area (Å²) in [5.41, 5.74) is 10.8. The van der Waals surface area contributed by atoms with E-state index in [0.717, 1.165) is 17.0 Å². The average Bonchev–Trinajstić information content (AvgIpc) is 3.06. The van der Waals surface area contributed by atoms with Crippen molar-refractivity contribution >= 4 is 17.5 Å². The Kier molecular flexibility index (Phi) is 3.78. The maximum absolute atomic E-state index is 13.4. The Morgan fingerprint density at radius 3 is 2.30 bits per heavy atom. The zero-order chi connectivity index (χ0) is 19.1. The Labute approximate surface area is 154 Å². The molecule has 0 unspecified atom stereocenters. The number of nitrogen functional groups attached to an aromatic ring is 1. The van der Waals surface area contributed by atoms with Gasteiger partial charge in [-0.05, 0) is 60.9 Å². The van der Waals surface area contributed by atoms with Gasteiger partial charge in [0.25, 0.3) is 0 Å². The summed E-state index contributed by atoms with van der Waals surface area (Å²) < 4.78 is 14.7. The van der Waals surface area contributed by atoms with E-state index in [1.807, 2.05) is 26.0 Å². The van der Waals surface area contributed by atoms with Crippen molar-refractivity contribution in [2.24, 2.45) is 0 Å². The zero-order valence-electron chi connectivity index (χ0n) is 14.6. The van der Waals surface area contributed by atoms with Crippen LogP contribution in [0.5, 0.6) is 0 Å². The van der Waals surface area contributed by atoms with Gasteiger partial charge in [0.15, 0.2) is 0 Å². The third-order valence-corrected chi connectivity index (χ3v) is 4.09. The van der Waals surface area contributed by atoms with Crippen molar-refractivity contribution in [1.29, 1.82) is 0 Å². The first-order valence-electron chi connectivity index (χ1n) is 8.11. The number of aryl methyl sites for hydroxylation is 2. The summed E-state index contributed by atoms with van der Waals surface area (Å²) >= 11 is 0. The Morgan fingerprint density at radius 1 is 1.00 bits per heavy atom. The molecule has 0 amide bonds. The van der Waals surface area contributed by atoms with Crippen molar-refractivity contribution in [2.75, 3.05) is 5.73 Å². The van der Waals surface area contributed by atoms with Gasteiger partial charge in [-0.3, -0.25) is 4.98 Å². The van der Waals surface area contributed by atoms with Crippen LogP contribution in [0.4, 0.5) is 16.3 Å². The zero-order valence-corrected chi connectivity index (χ0v) is 14.6. The van der Waals surface area contributed by atoms with Crippen LogP contribution in [0, 0.1) is 26.2 Å². The molecule has 132 valence electrons. The van der Waals surface area contributed by atoms with E-state index < -0.39 is 0 Å². The van der Waals surface area contributed by atoms with Gasteiger partial charge in [-0.1, -0.05) is 0 Å². The van der Waals surface area contributed by atoms with Crippen LogP contribution in [0.2, 0.25) is 0 Å². The van der Waals surface area contributed by atoms with Gasteiger partial charge in [-0.15, -0.1) is 16.1 Å². The van der Waals surface area contributed by atoms with E-state index in [9.17, 15) is 4.39 Å². The predicted molar refractivity (Wildman–Crippen MR) is 99.6 cm³/mol. The van der Waals surface area contributed by atoms with E-state index in [4.69, 9.17) is 12.3 Å². The smallest absolute Gasteiger partial charge is 0.393 e. The SMILES string of the molecule is [C-]#[N+]c1nc2c(-c3cc(C)nc(C)c3)c(-c3ccc(F)cc3)nc(N)n2n1. The molecule has 0 bridgehead atoms. The highest BCUT2D eigenvalue weighted by molar-refractivity contribution is 5.91. The molecule has 2 N–H and O–H groups in total. The summed E-state index contributed by atoms with van der Waals surface area (Å²) in [6.07, 6.45) is 0. The molecule has 3 aromatic heterocycles. The van der Waals surface area contributed by atoms with Crippen molar-refractivity contribution in [3.8, 4) is 22.4 Å². The van der Waals surface area contributed by atoms with E-state index in [2.05, 4.69) is 24.9 Å². The first-order valence-corrected chi connectivity index (χ1v) is 8.11. The number of hydrogen-bond donors (Lipinski definition) is 1. The summed E-state index contributed by atoms with van der Waals surface area (Å²) in [5.74, 6) is -0.274. The highest BCUT2D eigenvalue weighted by Crippen LogP contribution is 2.35. The predicted octanol–water partition coefficient (Wildman–Crippen LogP) is 3.74. The molecule has 0 aliphatic rings. The number of rotatable bonds is 2. The summed E-state index contributed by atoms with van der Waals surface area (Å²) in [6.45, 7) is 11.0. The van der Waals surface area contributed by atoms with Crippen LogP contribution in [0.1, 0.15) is 11.4 Å². The highest BCUT2D eigenvalue weighted by atomic mass is 19.1. The highest BCUT2D eigenvalue weighted by Gasteiger charge is 2.23. The molecular formula is C19H14FN7. The second-order valence-electron chi connectivity index (χ2n) is 6.10. The first kappa shape index (κ1) is 16.6. The molecule has 4 rings (SSSR count). The van der Waals surface area contributed by atoms with E-state index in [0.29, 0.717) is 22.5 Å². The van der Waals surface area contributed by atoms with Crippen LogP contribution < -0.4 is 5.73 Å². The maximum atomic E-state index is 13.4. The quantitative estimate of drug-likeness (QED) is 0.551. The lowest BCUT2D eigenvalue weighted by molar-refractivity contribution is 0.628. The number of pyridine rings is 1. The van der Waals surface area contributed by atoms with Crippen molar-refractivity contribution < 1.29 is 4.39 Å². The molecule has 0 spiro atoms. The minimum atomic E-state index is -0.345. The number of halogens is 1. The topological polar surface area (TPSA) is 86.3 Å². The molecule has 7 nitrogen and oxygen atoms in total. The molecule has 0 saturated carbocycles. The standard InChI is InChI=1S/C19H14FN7/c1-10-8-13(9-11(2)23-10)15-16(12-4-6-14(20)7-5-12)24-18(21)27-17(15)25-19(22-3)26-27/h4-9H,1-2H3,(H2,21,24). The van der Waals surface area contributed by atoms with Crippen LogP contribution in [0.3, 0.4) is 0 Å². The van der Waals surface area contributed by atoms with E-state index >= 15 is 0 Å². The molecule has 1 aromatic carbocycles. The Hall–Kier alpha value is -3.86. The Balaban J connectivity index is 2.13. The fourth-order valence-corrected chi connectivity index (χ4v) is 3.06. The van der Waals surface area contributed by atoms with Crippen LogP contribution in [-0.2, 0) is 0 Å². The third kappa shape index (κ3) is 2.85. The third-order valence-electron chi connectivity index (χ3n) is 4.09. The van der Waals surface area contributed by atoms with Crippen molar-refractivity contribution in [3.05, 3.63) is 65.0 Å². The van der Waals surface area contributed by atoms with Gasteiger partial charge in [0.05, 0.1) is 11.3 Å². The van der Waals surface area contributed by atoms with Gasteiger partial charge < -0.3 is 10.6 Å². The molecule has 0 aliphatic carbocycles. The van der Waals surface area contributed by atoms with Crippen LogP contribution in [-0.4, -0.2) is 24.6 Å². The Morgan fingerprint density at radius 2 is 1.67 bits per heavy atom. The van der Waals surface area contributed by atoms with Crippen molar-refractivity contribution in [1.82, 2.24) is 24.6 Å². The first-order chi connectivity index (χ1) is 13.0. The maximum Gasteiger partial charge on any atom is 0.394 e. The number of fused-ring (bicyclic) bond motifs is 1. The Bertz CT molecular complexity index is 1200. The minimum absolute atomic E-state index is 0.0245. The molecule has 0 fully saturated rings. The summed E-state index contributed by atoms with van der Waals surface area (Å²) in [4.78, 5) is 16.5. The van der Waals surface area contributed by atoms with Crippen LogP contribution in [0.15, 0.2) is 36.4 Å². The monoisotopic (exact) mass is 359 g/mol. The van der Waals surface area contributed by atoms with Crippen LogP contribution in [0.25, 0.3) is 32.9 Å². The van der Waals surface area contributed by atoms with Crippen molar-refractivity contribution in [2.45, 2.75) is 13.8 Å². The van der Waals surface area contributed by atoms with Gasteiger partial charge in [0, 0.05) is 17.0 Å². The van der Waals surface area contributed by atoms with Gasteiger partial charge in [-0.25, -0.2) is 9.37 Å². The van der Waals surface area contributed by atoms with Gasteiger partial charge in [0.2, 0.25) is 11.6 Å². The van der Waals surface area contributed by atoms with Crippen molar-refractivity contribution in [3.63, 3.8) is 0 Å². The molecule has 3 heterocycles. The van der Waals surface area contributed by atoms with Gasteiger partial charge in [0.1, 0.15) is 5.82 Å². The normalized spacial score (nSPS) is 10.9. The van der Waals surface area contributed by atoms with Gasteiger partial charge >= 0.3 is 5.95 Å². The van der Waals surface area contributed by atoms with Gasteiger partial charge in [-0.2, -0.15) is 0 Å². The second kappa shape index (κ2) is 6.14. The number of nitrogens with zero attached hydrogens (tertiary/aromatic N) is 6. The van der Waals surface area contributed by atoms with E-state index in [1.165, 1.54) is 16.6 Å². The molecule has 0 radical (unpaired) electrons. The molecule has 0 saturated heterocycles. The summed E-state index contributed by atoms with van der Waals surface area (Å²) in [7, 11) is 0. The van der Waals surface area contributed by atoms with Crippen LogP contribution >= 0.6 is 0 Å². The molecule has 8 heteroatoms. The number of nitrogens with two attached hydrogens (primary N) is 1. The van der Waals surface area contributed by atoms with E-state index in [1.54, 1.807) is 12.1 Å². The lowest BCUT2D eigenvalue weighted by Crippen LogP contribution is -2.06. The minimum Gasteiger partial charge on any atom is -0.393 e. The summed E-state index contributed by atoms with van der Waals surface area (Å²) in [6, 6.07) is 9.78. The average molecular weight is 359 g/mol. The lowest BCUT2D eigenvalue weighted by Gasteiger charge is -2.11. The number of aromatic nitrogens is 5. The number of benzene rings is 1. The largest absolute Gasteiger partial charge is 0.394 e. The number of anilines is 1. The lowest BCUT2D eigenvalue weighted by atomic mass is 9.99. The number of hydrogen-bond acceptors (Lipinski definition) is 5. The molecule has 0 atom stereocenters. The molecule has 4 aromatic rings. The molecule has 27 heavy (non-hydrogen) atoms. The second-order valence-corrected chi connectivity index (χ2v) is 6.10. The molecular weight excluding hydrogens is 345 g/mol. The van der Waals surface area contributed by atoms with E-state index in [-0.39, 0.29) is 17.7 Å².